The second kappa shape index (κ2) is 5.04. The van der Waals surface area contributed by atoms with Gasteiger partial charge in [0, 0.05) is 0 Å². The highest BCUT2D eigenvalue weighted by atomic mass is 16.9. The molecule has 0 aliphatic rings. The zero-order chi connectivity index (χ0) is 9.72. The van der Waals surface area contributed by atoms with Crippen LogP contribution in [-0.4, -0.2) is 47.8 Å². The van der Waals surface area contributed by atoms with Gasteiger partial charge < -0.3 is 10.2 Å². The molecule has 0 heterocycles. The number of carboxylic acid groups (broad SMARTS) is 1. The summed E-state index contributed by atoms with van der Waals surface area (Å²) in [4.78, 5) is 19.6. The Balaban J connectivity index is 4.36. The first-order valence-electron chi connectivity index (χ1n) is 3.33. The largest absolute Gasteiger partial charge is 0.480 e. The zero-order valence-corrected chi connectivity index (χ0v) is 7.22. The van der Waals surface area contributed by atoms with Gasteiger partial charge in [0.05, 0.1) is 20.3 Å². The Kier molecular flexibility index (Phi) is 4.75. The van der Waals surface area contributed by atoms with Gasteiger partial charge in [-0.3, -0.25) is 14.5 Å². The Morgan fingerprint density at radius 2 is 1.83 bits per heavy atom. The molecule has 6 nitrogen and oxygen atoms in total. The Morgan fingerprint density at radius 3 is 1.92 bits per heavy atom. The van der Waals surface area contributed by atoms with E-state index in [1.165, 1.54) is 21.1 Å². The Hall–Kier alpha value is -0.690. The number of aliphatic hydroxyl groups excluding tert-OH is 1. The predicted molar refractivity (Wildman–Crippen MR) is 39.0 cm³/mol. The maximum absolute atomic E-state index is 10.5. The second-order valence-electron chi connectivity index (χ2n) is 2.17. The molecule has 0 radical (unpaired) electrons. The van der Waals surface area contributed by atoms with E-state index in [0.29, 0.717) is 5.23 Å². The molecule has 0 aromatic carbocycles. The normalized spacial score (nSPS) is 16.1. The number of rotatable bonds is 5. The van der Waals surface area contributed by atoms with Gasteiger partial charge in [-0.05, 0) is 12.2 Å². The molecule has 2 unspecified atom stereocenters. The van der Waals surface area contributed by atoms with Gasteiger partial charge in [-0.2, -0.15) is 0 Å². The molecule has 0 bridgehead atoms. The summed E-state index contributed by atoms with van der Waals surface area (Å²) in [6.07, 6.45) is -1.08. The highest BCUT2D eigenvalue weighted by Gasteiger charge is 2.31. The molecular weight excluding hydrogens is 166 g/mol. The Bertz CT molecular complexity index is 145. The molecule has 72 valence electrons. The SMILES string of the molecule is CON(OC)C(C(=O)O)C(C)O. The van der Waals surface area contributed by atoms with Gasteiger partial charge >= 0.3 is 5.97 Å². The third-order valence-corrected chi connectivity index (χ3v) is 1.30. The van der Waals surface area contributed by atoms with Gasteiger partial charge in [0.25, 0.3) is 0 Å². The molecule has 6 heteroatoms. The number of aliphatic carboxylic acids is 1. The molecule has 0 rings (SSSR count). The van der Waals surface area contributed by atoms with Crippen LogP contribution in [0.25, 0.3) is 0 Å². The van der Waals surface area contributed by atoms with Crippen molar-refractivity contribution in [3.05, 3.63) is 0 Å². The third kappa shape index (κ3) is 2.74. The van der Waals surface area contributed by atoms with Crippen LogP contribution in [0.5, 0.6) is 0 Å². The fourth-order valence-electron chi connectivity index (χ4n) is 0.774. The molecule has 0 aliphatic carbocycles. The van der Waals surface area contributed by atoms with Crippen molar-refractivity contribution in [2.24, 2.45) is 0 Å². The number of aliphatic hydroxyl groups is 1. The van der Waals surface area contributed by atoms with E-state index in [9.17, 15) is 4.79 Å². The van der Waals surface area contributed by atoms with E-state index >= 15 is 0 Å². The van der Waals surface area contributed by atoms with E-state index in [1.807, 2.05) is 0 Å². The molecule has 0 spiro atoms. The second-order valence-corrected chi connectivity index (χ2v) is 2.17. The smallest absolute Gasteiger partial charge is 0.328 e. The monoisotopic (exact) mass is 179 g/mol. The van der Waals surface area contributed by atoms with Crippen LogP contribution in [-0.2, 0) is 14.5 Å². The molecule has 0 aromatic rings. The summed E-state index contributed by atoms with van der Waals surface area (Å²) >= 11 is 0. The van der Waals surface area contributed by atoms with Gasteiger partial charge in [-0.15, -0.1) is 0 Å². The average Bonchev–Trinajstić information content (AvgIpc) is 1.98. The van der Waals surface area contributed by atoms with Crippen molar-refractivity contribution < 1.29 is 24.7 Å². The quantitative estimate of drug-likeness (QED) is 0.540. The maximum Gasteiger partial charge on any atom is 0.328 e. The number of hydroxylamine groups is 2. The summed E-state index contributed by atoms with van der Waals surface area (Å²) in [5.74, 6) is -1.21. The van der Waals surface area contributed by atoms with Crippen LogP contribution in [0.1, 0.15) is 6.92 Å². The number of hydrogen-bond acceptors (Lipinski definition) is 5. The third-order valence-electron chi connectivity index (χ3n) is 1.30. The molecular formula is C6H13NO5. The van der Waals surface area contributed by atoms with E-state index in [0.717, 1.165) is 0 Å². The molecule has 2 N–H and O–H groups in total. The van der Waals surface area contributed by atoms with E-state index in [4.69, 9.17) is 10.2 Å². The van der Waals surface area contributed by atoms with Gasteiger partial charge in [0.15, 0.2) is 6.04 Å². The zero-order valence-electron chi connectivity index (χ0n) is 7.22. The maximum atomic E-state index is 10.5. The van der Waals surface area contributed by atoms with E-state index in [-0.39, 0.29) is 0 Å². The highest BCUT2D eigenvalue weighted by Crippen LogP contribution is 2.05. The van der Waals surface area contributed by atoms with Crippen LogP contribution < -0.4 is 0 Å². The number of nitrogens with zero attached hydrogens (tertiary/aromatic N) is 1. The molecule has 0 aliphatic heterocycles. The van der Waals surface area contributed by atoms with Crippen LogP contribution in [0.15, 0.2) is 0 Å². The van der Waals surface area contributed by atoms with Crippen molar-refractivity contribution in [2.75, 3.05) is 14.2 Å². The summed E-state index contributed by atoms with van der Waals surface area (Å²) in [5.41, 5.74) is 0. The fraction of sp³-hybridized carbons (Fsp3) is 0.833. The summed E-state index contributed by atoms with van der Waals surface area (Å²) in [6, 6.07) is -1.22. The van der Waals surface area contributed by atoms with Crippen LogP contribution in [0.3, 0.4) is 0 Å². The summed E-state index contributed by atoms with van der Waals surface area (Å²) in [5, 5.41) is 18.4. The lowest BCUT2D eigenvalue weighted by Gasteiger charge is -2.25. The van der Waals surface area contributed by atoms with Crippen molar-refractivity contribution in [1.82, 2.24) is 5.23 Å². The number of carbonyl (C=O) groups is 1. The van der Waals surface area contributed by atoms with Gasteiger partial charge in [0.2, 0.25) is 0 Å². The first-order chi connectivity index (χ1) is 5.54. The number of hydrogen-bond donors (Lipinski definition) is 2. The van der Waals surface area contributed by atoms with E-state index in [2.05, 4.69) is 9.68 Å². The lowest BCUT2D eigenvalue weighted by Crippen LogP contribution is -2.46. The Morgan fingerprint density at radius 1 is 1.42 bits per heavy atom. The minimum absolute atomic E-state index is 0.715. The van der Waals surface area contributed by atoms with E-state index < -0.39 is 18.1 Å². The molecule has 2 atom stereocenters. The first kappa shape index (κ1) is 11.3. The Labute approximate surface area is 70.2 Å². The standard InChI is InChI=1S/C6H13NO5/c1-4(8)5(6(9)10)7(11-2)12-3/h4-5,8H,1-3H3,(H,9,10). The van der Waals surface area contributed by atoms with Crippen molar-refractivity contribution in [1.29, 1.82) is 0 Å². The summed E-state index contributed by atoms with van der Waals surface area (Å²) < 4.78 is 0. The highest BCUT2D eigenvalue weighted by molar-refractivity contribution is 5.73. The summed E-state index contributed by atoms with van der Waals surface area (Å²) in [6.45, 7) is 1.34. The minimum atomic E-state index is -1.22. The van der Waals surface area contributed by atoms with Crippen molar-refractivity contribution >= 4 is 5.97 Å². The van der Waals surface area contributed by atoms with Crippen molar-refractivity contribution in [3.8, 4) is 0 Å². The molecule has 0 saturated carbocycles. The molecule has 12 heavy (non-hydrogen) atoms. The predicted octanol–water partition coefficient (Wildman–Crippen LogP) is -0.755. The topological polar surface area (TPSA) is 79.2 Å². The van der Waals surface area contributed by atoms with Gasteiger partial charge in [-0.25, -0.2) is 0 Å². The fourth-order valence-corrected chi connectivity index (χ4v) is 0.774. The molecule has 0 fully saturated rings. The molecule has 0 saturated heterocycles. The van der Waals surface area contributed by atoms with Crippen molar-refractivity contribution in [3.63, 3.8) is 0 Å². The average molecular weight is 179 g/mol. The van der Waals surface area contributed by atoms with Gasteiger partial charge in [-0.1, -0.05) is 0 Å². The number of carboxylic acids is 1. The molecule has 0 aromatic heterocycles. The van der Waals surface area contributed by atoms with Crippen molar-refractivity contribution in [2.45, 2.75) is 19.1 Å². The van der Waals surface area contributed by atoms with Crippen LogP contribution in [0.2, 0.25) is 0 Å². The minimum Gasteiger partial charge on any atom is -0.480 e. The molecule has 0 amide bonds. The van der Waals surface area contributed by atoms with Crippen LogP contribution >= 0.6 is 0 Å². The lowest BCUT2D eigenvalue weighted by atomic mass is 10.2. The van der Waals surface area contributed by atoms with Crippen LogP contribution in [0, 0.1) is 0 Å². The first-order valence-corrected chi connectivity index (χ1v) is 3.33. The van der Waals surface area contributed by atoms with Crippen LogP contribution in [0.4, 0.5) is 0 Å². The summed E-state index contributed by atoms with van der Waals surface area (Å²) in [7, 11) is 2.50. The lowest BCUT2D eigenvalue weighted by molar-refractivity contribution is -0.367. The van der Waals surface area contributed by atoms with Gasteiger partial charge in [0.1, 0.15) is 0 Å². The van der Waals surface area contributed by atoms with E-state index in [1.54, 1.807) is 0 Å².